The molecule has 2 nitrogen and oxygen atoms in total. The predicted octanol–water partition coefficient (Wildman–Crippen LogP) is 4.35. The minimum absolute atomic E-state index is 0. The molecule has 0 radical (unpaired) electrons. The Hall–Kier alpha value is -2.61. The minimum atomic E-state index is 0. The fraction of sp³-hybridized carbons (Fsp3) is 0.0556. The van der Waals surface area contributed by atoms with Crippen LogP contribution in [-0.2, 0) is 0 Å². The highest BCUT2D eigenvalue weighted by atomic mass is 16.1. The summed E-state index contributed by atoms with van der Waals surface area (Å²) in [4.78, 5) is 15.4. The van der Waals surface area contributed by atoms with E-state index in [0.717, 1.165) is 16.8 Å². The Bertz CT molecular complexity index is 730. The molecule has 3 aromatic rings. The maximum Gasteiger partial charge on any atom is 0.189 e. The van der Waals surface area contributed by atoms with Crippen molar-refractivity contribution in [2.75, 3.05) is 0 Å². The predicted molar refractivity (Wildman–Crippen MR) is 84.7 cm³/mol. The first-order valence-corrected chi connectivity index (χ1v) is 6.19. The Morgan fingerprint density at radius 3 is 1.85 bits per heavy atom. The summed E-state index contributed by atoms with van der Waals surface area (Å²) in [5.74, 6) is 0. The van der Waals surface area contributed by atoms with Crippen LogP contribution in [-0.4, -0.2) is 4.98 Å². The maximum atomic E-state index is 12.2. The fourth-order valence-electron chi connectivity index (χ4n) is 2.20. The van der Waals surface area contributed by atoms with Crippen LogP contribution in [0.4, 0.5) is 0 Å². The van der Waals surface area contributed by atoms with Crippen LogP contribution in [0, 0.1) is 0 Å². The zero-order valence-corrected chi connectivity index (χ0v) is 10.3. The van der Waals surface area contributed by atoms with Crippen molar-refractivity contribution >= 4 is 0 Å². The van der Waals surface area contributed by atoms with Gasteiger partial charge in [-0.15, -0.1) is 0 Å². The standard InChI is InChI=1S/C17H13NO.CH4/c19-15-11-12-18-17(14-9-5-2-6-10-14)16(15)13-7-3-1-4-8-13;/h1-12H,(H,18,19);1H4. The quantitative estimate of drug-likeness (QED) is 0.732. The van der Waals surface area contributed by atoms with E-state index in [1.807, 2.05) is 60.7 Å². The molecule has 1 aromatic heterocycles. The second kappa shape index (κ2) is 6.02. The van der Waals surface area contributed by atoms with Gasteiger partial charge in [-0.2, -0.15) is 0 Å². The van der Waals surface area contributed by atoms with Gasteiger partial charge in [-0.1, -0.05) is 68.1 Å². The smallest absolute Gasteiger partial charge is 0.189 e. The van der Waals surface area contributed by atoms with Gasteiger partial charge in [0.25, 0.3) is 0 Å². The molecule has 0 amide bonds. The Labute approximate surface area is 118 Å². The molecule has 1 heterocycles. The normalized spacial score (nSPS) is 9.80. The molecule has 20 heavy (non-hydrogen) atoms. The molecule has 2 aromatic carbocycles. The Balaban J connectivity index is 0.00000147. The van der Waals surface area contributed by atoms with Crippen LogP contribution in [0.2, 0.25) is 0 Å². The van der Waals surface area contributed by atoms with Crippen LogP contribution >= 0.6 is 0 Å². The van der Waals surface area contributed by atoms with Gasteiger partial charge >= 0.3 is 0 Å². The highest BCUT2D eigenvalue weighted by molar-refractivity contribution is 5.80. The number of hydrogen-bond donors (Lipinski definition) is 1. The molecule has 0 fully saturated rings. The number of nitrogens with one attached hydrogen (secondary N) is 1. The topological polar surface area (TPSA) is 32.9 Å². The van der Waals surface area contributed by atoms with Crippen molar-refractivity contribution in [1.29, 1.82) is 0 Å². The van der Waals surface area contributed by atoms with E-state index in [0.29, 0.717) is 5.56 Å². The monoisotopic (exact) mass is 263 g/mol. The largest absolute Gasteiger partial charge is 0.360 e. The lowest BCUT2D eigenvalue weighted by Gasteiger charge is -2.08. The van der Waals surface area contributed by atoms with Crippen LogP contribution in [0.1, 0.15) is 7.43 Å². The van der Waals surface area contributed by atoms with Crippen molar-refractivity contribution in [3.8, 4) is 22.4 Å². The van der Waals surface area contributed by atoms with Crippen LogP contribution in [0.3, 0.4) is 0 Å². The molecule has 0 unspecified atom stereocenters. The summed E-state index contributed by atoms with van der Waals surface area (Å²) < 4.78 is 0. The SMILES string of the molecule is C.O=c1cc[nH]c(-c2ccccc2)c1-c1ccccc1. The van der Waals surface area contributed by atoms with Gasteiger partial charge in [0.1, 0.15) is 0 Å². The lowest BCUT2D eigenvalue weighted by Crippen LogP contribution is -2.06. The van der Waals surface area contributed by atoms with Crippen LogP contribution in [0.5, 0.6) is 0 Å². The summed E-state index contributed by atoms with van der Waals surface area (Å²) in [6.07, 6.45) is 1.69. The van der Waals surface area contributed by atoms with E-state index in [9.17, 15) is 4.79 Å². The number of aromatic nitrogens is 1. The van der Waals surface area contributed by atoms with Gasteiger partial charge in [0, 0.05) is 12.3 Å². The van der Waals surface area contributed by atoms with Gasteiger partial charge in [-0.25, -0.2) is 0 Å². The third kappa shape index (κ3) is 2.54. The van der Waals surface area contributed by atoms with Crippen LogP contribution in [0.25, 0.3) is 22.4 Å². The molecule has 0 aliphatic rings. The first kappa shape index (κ1) is 13.8. The third-order valence-corrected chi connectivity index (χ3v) is 3.08. The Morgan fingerprint density at radius 1 is 0.700 bits per heavy atom. The molecule has 100 valence electrons. The van der Waals surface area contributed by atoms with Crippen LogP contribution in [0.15, 0.2) is 77.7 Å². The minimum Gasteiger partial charge on any atom is -0.360 e. The summed E-state index contributed by atoms with van der Waals surface area (Å²) in [5, 5.41) is 0. The van der Waals surface area contributed by atoms with Crippen molar-refractivity contribution in [3.05, 3.63) is 83.2 Å². The molecular formula is C18H17NO. The molecule has 0 atom stereocenters. The van der Waals surface area contributed by atoms with Crippen molar-refractivity contribution in [2.45, 2.75) is 7.43 Å². The molecule has 3 rings (SSSR count). The zero-order valence-electron chi connectivity index (χ0n) is 10.3. The number of benzene rings is 2. The molecule has 2 heteroatoms. The fourth-order valence-corrected chi connectivity index (χ4v) is 2.20. The summed E-state index contributed by atoms with van der Waals surface area (Å²) in [5.41, 5.74) is 3.56. The van der Waals surface area contributed by atoms with E-state index in [2.05, 4.69) is 4.98 Å². The number of aromatic amines is 1. The first-order chi connectivity index (χ1) is 9.36. The lowest BCUT2D eigenvalue weighted by molar-refractivity contribution is 1.30. The van der Waals surface area contributed by atoms with E-state index in [1.54, 1.807) is 12.3 Å². The highest BCUT2D eigenvalue weighted by Gasteiger charge is 2.10. The van der Waals surface area contributed by atoms with Crippen LogP contribution < -0.4 is 5.43 Å². The van der Waals surface area contributed by atoms with E-state index in [4.69, 9.17) is 0 Å². The molecule has 0 aliphatic heterocycles. The Morgan fingerprint density at radius 2 is 1.25 bits per heavy atom. The van der Waals surface area contributed by atoms with Gasteiger partial charge in [0.15, 0.2) is 5.43 Å². The number of H-pyrrole nitrogens is 1. The third-order valence-electron chi connectivity index (χ3n) is 3.08. The molecule has 0 aliphatic carbocycles. The number of pyridine rings is 1. The first-order valence-electron chi connectivity index (χ1n) is 6.19. The summed E-state index contributed by atoms with van der Waals surface area (Å²) in [6.45, 7) is 0. The molecule has 0 spiro atoms. The molecule has 1 N–H and O–H groups in total. The molecular weight excluding hydrogens is 246 g/mol. The summed E-state index contributed by atoms with van der Waals surface area (Å²) in [6, 6.07) is 21.2. The average Bonchev–Trinajstić information content (AvgIpc) is 2.49. The van der Waals surface area contributed by atoms with Gasteiger partial charge < -0.3 is 4.98 Å². The second-order valence-electron chi connectivity index (χ2n) is 4.32. The van der Waals surface area contributed by atoms with E-state index in [1.165, 1.54) is 0 Å². The Kier molecular flexibility index (Phi) is 4.16. The number of rotatable bonds is 2. The summed E-state index contributed by atoms with van der Waals surface area (Å²) >= 11 is 0. The molecule has 0 saturated heterocycles. The van der Waals surface area contributed by atoms with Gasteiger partial charge in [0.05, 0.1) is 11.3 Å². The average molecular weight is 263 g/mol. The van der Waals surface area contributed by atoms with Gasteiger partial charge in [-0.05, 0) is 11.1 Å². The zero-order chi connectivity index (χ0) is 13.1. The molecule has 0 bridgehead atoms. The van der Waals surface area contributed by atoms with Crippen molar-refractivity contribution in [2.24, 2.45) is 0 Å². The van der Waals surface area contributed by atoms with E-state index >= 15 is 0 Å². The lowest BCUT2D eigenvalue weighted by atomic mass is 9.99. The number of hydrogen-bond acceptors (Lipinski definition) is 1. The van der Waals surface area contributed by atoms with Crippen molar-refractivity contribution < 1.29 is 0 Å². The van der Waals surface area contributed by atoms with Gasteiger partial charge in [0.2, 0.25) is 0 Å². The second-order valence-corrected chi connectivity index (χ2v) is 4.32. The van der Waals surface area contributed by atoms with E-state index < -0.39 is 0 Å². The summed E-state index contributed by atoms with van der Waals surface area (Å²) in [7, 11) is 0. The highest BCUT2D eigenvalue weighted by Crippen LogP contribution is 2.26. The molecule has 0 saturated carbocycles. The maximum absolute atomic E-state index is 12.2. The van der Waals surface area contributed by atoms with Crippen molar-refractivity contribution in [1.82, 2.24) is 4.98 Å². The van der Waals surface area contributed by atoms with Gasteiger partial charge in [-0.3, -0.25) is 4.79 Å². The van der Waals surface area contributed by atoms with E-state index in [-0.39, 0.29) is 12.9 Å². The van der Waals surface area contributed by atoms with Crippen molar-refractivity contribution in [3.63, 3.8) is 0 Å².